The van der Waals surface area contributed by atoms with Gasteiger partial charge in [0.05, 0.1) is 25.5 Å². The van der Waals surface area contributed by atoms with Crippen LogP contribution in [0.15, 0.2) is 18.2 Å². The van der Waals surface area contributed by atoms with Crippen LogP contribution in [0.4, 0.5) is 0 Å². The second-order valence-corrected chi connectivity index (χ2v) is 6.62. The minimum absolute atomic E-state index is 0.0313. The van der Waals surface area contributed by atoms with Crippen LogP contribution in [0.2, 0.25) is 0 Å². The number of aromatic nitrogens is 2. The van der Waals surface area contributed by atoms with Crippen molar-refractivity contribution in [3.8, 4) is 11.5 Å². The van der Waals surface area contributed by atoms with Gasteiger partial charge in [0.25, 0.3) is 0 Å². The van der Waals surface area contributed by atoms with E-state index in [2.05, 4.69) is 15.5 Å². The van der Waals surface area contributed by atoms with Crippen molar-refractivity contribution in [3.05, 3.63) is 40.7 Å². The number of hydrogen-bond donors (Lipinski definition) is 2. The van der Waals surface area contributed by atoms with Crippen molar-refractivity contribution in [3.63, 3.8) is 0 Å². The van der Waals surface area contributed by atoms with E-state index in [1.54, 1.807) is 7.11 Å². The zero-order valence-corrected chi connectivity index (χ0v) is 15.2. The maximum atomic E-state index is 12.7. The summed E-state index contributed by atoms with van der Waals surface area (Å²) in [6.07, 6.45) is 1.44. The van der Waals surface area contributed by atoms with Gasteiger partial charge in [0, 0.05) is 29.7 Å². The minimum atomic E-state index is -0.125. The van der Waals surface area contributed by atoms with Crippen LogP contribution >= 0.6 is 0 Å². The molecule has 25 heavy (non-hydrogen) atoms. The Balaban J connectivity index is 1.69. The first kappa shape index (κ1) is 17.3. The number of carbonyl (C=O) groups is 1. The molecule has 0 bridgehead atoms. The Morgan fingerprint density at radius 1 is 1.48 bits per heavy atom. The second-order valence-electron chi connectivity index (χ2n) is 6.62. The molecule has 2 heterocycles. The highest BCUT2D eigenvalue weighted by atomic mass is 16.5. The van der Waals surface area contributed by atoms with Gasteiger partial charge in [-0.2, -0.15) is 5.10 Å². The molecule has 134 valence electrons. The van der Waals surface area contributed by atoms with Gasteiger partial charge in [0.2, 0.25) is 5.91 Å². The van der Waals surface area contributed by atoms with Crippen molar-refractivity contribution in [2.24, 2.45) is 5.92 Å². The van der Waals surface area contributed by atoms with E-state index in [1.807, 2.05) is 39.0 Å². The molecule has 6 heteroatoms. The SMILES string of the molecule is COc1ccc2c(c1)OCC[C@@H]2NC(=O)[C@H](C)Cc1c(C)n[nH]c1C. The molecule has 0 saturated heterocycles. The first-order valence-electron chi connectivity index (χ1n) is 8.61. The predicted octanol–water partition coefficient (Wildman–Crippen LogP) is 2.85. The molecule has 1 aliphatic heterocycles. The zero-order chi connectivity index (χ0) is 18.0. The van der Waals surface area contributed by atoms with Crippen molar-refractivity contribution >= 4 is 5.91 Å². The quantitative estimate of drug-likeness (QED) is 0.875. The number of hydrogen-bond acceptors (Lipinski definition) is 4. The largest absolute Gasteiger partial charge is 0.497 e. The second kappa shape index (κ2) is 7.17. The Labute approximate surface area is 147 Å². The highest BCUT2D eigenvalue weighted by Gasteiger charge is 2.26. The van der Waals surface area contributed by atoms with Gasteiger partial charge in [0.15, 0.2) is 0 Å². The Morgan fingerprint density at radius 3 is 2.96 bits per heavy atom. The van der Waals surface area contributed by atoms with Gasteiger partial charge in [-0.25, -0.2) is 0 Å². The molecule has 1 amide bonds. The summed E-state index contributed by atoms with van der Waals surface area (Å²) < 4.78 is 11.0. The van der Waals surface area contributed by atoms with Gasteiger partial charge in [-0.05, 0) is 38.0 Å². The summed E-state index contributed by atoms with van der Waals surface area (Å²) in [5.41, 5.74) is 4.12. The van der Waals surface area contributed by atoms with E-state index in [1.165, 1.54) is 0 Å². The van der Waals surface area contributed by atoms with Crippen molar-refractivity contribution in [1.82, 2.24) is 15.5 Å². The first-order valence-corrected chi connectivity index (χ1v) is 8.61. The van der Waals surface area contributed by atoms with Crippen LogP contribution in [0, 0.1) is 19.8 Å². The number of nitrogens with zero attached hydrogens (tertiary/aromatic N) is 1. The number of carbonyl (C=O) groups excluding carboxylic acids is 1. The number of ether oxygens (including phenoxy) is 2. The summed E-state index contributed by atoms with van der Waals surface area (Å²) in [5, 5.41) is 10.4. The molecule has 1 aromatic heterocycles. The van der Waals surface area contributed by atoms with E-state index in [0.717, 1.165) is 40.4 Å². The van der Waals surface area contributed by atoms with Crippen LogP contribution in [0.1, 0.15) is 41.9 Å². The molecule has 1 aromatic carbocycles. The number of aromatic amines is 1. The molecule has 0 fully saturated rings. The Hall–Kier alpha value is -2.50. The van der Waals surface area contributed by atoms with Gasteiger partial charge in [-0.1, -0.05) is 6.92 Å². The topological polar surface area (TPSA) is 76.2 Å². The van der Waals surface area contributed by atoms with Crippen LogP contribution in [0.25, 0.3) is 0 Å². The summed E-state index contributed by atoms with van der Waals surface area (Å²) in [6, 6.07) is 5.70. The lowest BCUT2D eigenvalue weighted by Gasteiger charge is -2.28. The van der Waals surface area contributed by atoms with Gasteiger partial charge in [-0.3, -0.25) is 9.89 Å². The van der Waals surface area contributed by atoms with Crippen molar-refractivity contribution in [2.45, 2.75) is 39.7 Å². The number of methoxy groups -OCH3 is 1. The summed E-state index contributed by atoms with van der Waals surface area (Å²) in [6.45, 7) is 6.49. The third-order valence-corrected chi connectivity index (χ3v) is 4.82. The fourth-order valence-corrected chi connectivity index (χ4v) is 3.23. The summed E-state index contributed by atoms with van der Waals surface area (Å²) in [4.78, 5) is 12.7. The lowest BCUT2D eigenvalue weighted by molar-refractivity contribution is -0.125. The monoisotopic (exact) mass is 343 g/mol. The van der Waals surface area contributed by atoms with Gasteiger partial charge >= 0.3 is 0 Å². The molecule has 2 aromatic rings. The third-order valence-electron chi connectivity index (χ3n) is 4.82. The highest BCUT2D eigenvalue weighted by Crippen LogP contribution is 2.35. The maximum absolute atomic E-state index is 12.7. The summed E-state index contributed by atoms with van der Waals surface area (Å²) in [5.74, 6) is 1.46. The molecule has 0 unspecified atom stereocenters. The van der Waals surface area contributed by atoms with Crippen LogP contribution in [0.3, 0.4) is 0 Å². The van der Waals surface area contributed by atoms with E-state index in [4.69, 9.17) is 9.47 Å². The van der Waals surface area contributed by atoms with Crippen molar-refractivity contribution in [2.75, 3.05) is 13.7 Å². The van der Waals surface area contributed by atoms with Gasteiger partial charge in [-0.15, -0.1) is 0 Å². The molecule has 0 saturated carbocycles. The molecule has 0 aliphatic carbocycles. The number of aryl methyl sites for hydroxylation is 2. The fraction of sp³-hybridized carbons (Fsp3) is 0.474. The molecule has 3 rings (SSSR count). The summed E-state index contributed by atoms with van der Waals surface area (Å²) >= 11 is 0. The molecule has 1 aliphatic rings. The minimum Gasteiger partial charge on any atom is -0.497 e. The Kier molecular flexibility index (Phi) is 4.97. The van der Waals surface area contributed by atoms with Crippen molar-refractivity contribution in [1.29, 1.82) is 0 Å². The standard InChI is InChI=1S/C19H25N3O3/c1-11(9-16-12(2)21-22-13(16)3)19(23)20-17-7-8-25-18-10-14(24-4)5-6-15(17)18/h5-6,10-11,17H,7-9H2,1-4H3,(H,20,23)(H,21,22)/t11-,17+/m1/s1. The van der Waals surface area contributed by atoms with Crippen LogP contribution < -0.4 is 14.8 Å². The number of amides is 1. The fourth-order valence-electron chi connectivity index (χ4n) is 3.23. The number of benzene rings is 1. The van der Waals surface area contributed by atoms with E-state index in [9.17, 15) is 4.79 Å². The molecular formula is C19H25N3O3. The van der Waals surface area contributed by atoms with Crippen LogP contribution in [-0.4, -0.2) is 29.8 Å². The van der Waals surface area contributed by atoms with Crippen LogP contribution in [-0.2, 0) is 11.2 Å². The Morgan fingerprint density at radius 2 is 2.28 bits per heavy atom. The van der Waals surface area contributed by atoms with Crippen molar-refractivity contribution < 1.29 is 14.3 Å². The molecule has 2 N–H and O–H groups in total. The zero-order valence-electron chi connectivity index (χ0n) is 15.2. The average Bonchev–Trinajstić information content (AvgIpc) is 2.93. The number of rotatable bonds is 5. The molecule has 2 atom stereocenters. The number of H-pyrrole nitrogens is 1. The van der Waals surface area contributed by atoms with E-state index in [-0.39, 0.29) is 17.9 Å². The van der Waals surface area contributed by atoms with Gasteiger partial charge in [0.1, 0.15) is 11.5 Å². The van der Waals surface area contributed by atoms with Crippen LogP contribution in [0.5, 0.6) is 11.5 Å². The number of fused-ring (bicyclic) bond motifs is 1. The predicted molar refractivity (Wildman–Crippen MR) is 94.9 cm³/mol. The normalized spacial score (nSPS) is 17.4. The smallest absolute Gasteiger partial charge is 0.223 e. The molecular weight excluding hydrogens is 318 g/mol. The Bertz CT molecular complexity index is 750. The lowest BCUT2D eigenvalue weighted by atomic mass is 9.96. The number of nitrogens with one attached hydrogen (secondary N) is 2. The maximum Gasteiger partial charge on any atom is 0.223 e. The van der Waals surface area contributed by atoms with Gasteiger partial charge < -0.3 is 14.8 Å². The third kappa shape index (κ3) is 3.62. The molecule has 0 spiro atoms. The van der Waals surface area contributed by atoms with E-state index >= 15 is 0 Å². The lowest BCUT2D eigenvalue weighted by Crippen LogP contribution is -2.36. The molecule has 0 radical (unpaired) electrons. The van der Waals surface area contributed by atoms with E-state index in [0.29, 0.717) is 13.0 Å². The highest BCUT2D eigenvalue weighted by molar-refractivity contribution is 5.79. The average molecular weight is 343 g/mol. The first-order chi connectivity index (χ1) is 12.0. The summed E-state index contributed by atoms with van der Waals surface area (Å²) in [7, 11) is 1.63. The van der Waals surface area contributed by atoms with E-state index < -0.39 is 0 Å². The molecule has 6 nitrogen and oxygen atoms in total.